The van der Waals surface area contributed by atoms with E-state index in [4.69, 9.17) is 18.9 Å². The van der Waals surface area contributed by atoms with Crippen molar-refractivity contribution in [3.8, 4) is 17.2 Å². The Labute approximate surface area is 160 Å². The number of benzene rings is 2. The fourth-order valence-corrected chi connectivity index (χ4v) is 5.09. The van der Waals surface area contributed by atoms with Gasteiger partial charge in [-0.05, 0) is 24.6 Å². The van der Waals surface area contributed by atoms with Crippen LogP contribution in [0.3, 0.4) is 0 Å². The lowest BCUT2D eigenvalue weighted by molar-refractivity contribution is -0.390. The van der Waals surface area contributed by atoms with E-state index in [9.17, 15) is 15.0 Å². The first-order chi connectivity index (χ1) is 13.5. The number of carbonyl (C=O) groups is 1. The molecule has 2 spiro atoms. The van der Waals surface area contributed by atoms with E-state index < -0.39 is 23.8 Å². The summed E-state index contributed by atoms with van der Waals surface area (Å²) in [5, 5.41) is 20.9. The van der Waals surface area contributed by atoms with Gasteiger partial charge >= 0.3 is 0 Å². The van der Waals surface area contributed by atoms with E-state index in [0.29, 0.717) is 46.6 Å². The quantitative estimate of drug-likeness (QED) is 0.783. The molecule has 0 fully saturated rings. The van der Waals surface area contributed by atoms with Crippen molar-refractivity contribution in [1.29, 1.82) is 0 Å². The number of hydrogen-bond donors (Lipinski definition) is 2. The number of aliphatic hydroxyl groups excluding tert-OH is 1. The number of rotatable bonds is 1. The Hall–Kier alpha value is -2.61. The molecule has 0 aromatic heterocycles. The van der Waals surface area contributed by atoms with Crippen LogP contribution >= 0.6 is 0 Å². The highest BCUT2D eigenvalue weighted by Crippen LogP contribution is 2.63. The smallest absolute Gasteiger partial charge is 0.271 e. The first-order valence-corrected chi connectivity index (χ1v) is 9.31. The van der Waals surface area contributed by atoms with Crippen molar-refractivity contribution in [1.82, 2.24) is 0 Å². The maximum atomic E-state index is 12.7. The number of carbonyl (C=O) groups excluding carboxylic acids is 1. The zero-order chi connectivity index (χ0) is 19.3. The lowest BCUT2D eigenvalue weighted by Crippen LogP contribution is -2.63. The van der Waals surface area contributed by atoms with Crippen LogP contribution in [0.2, 0.25) is 0 Å². The van der Waals surface area contributed by atoms with Crippen molar-refractivity contribution >= 4 is 5.78 Å². The third kappa shape index (κ3) is 1.73. The van der Waals surface area contributed by atoms with Crippen LogP contribution in [-0.2, 0) is 21.0 Å². The molecule has 4 aliphatic rings. The van der Waals surface area contributed by atoms with Crippen LogP contribution in [0.4, 0.5) is 0 Å². The highest BCUT2D eigenvalue weighted by atomic mass is 16.8. The second-order valence-electron chi connectivity index (χ2n) is 7.68. The molecule has 0 saturated carbocycles. The van der Waals surface area contributed by atoms with Gasteiger partial charge in [0.1, 0.15) is 23.4 Å². The van der Waals surface area contributed by atoms with Crippen molar-refractivity contribution in [2.24, 2.45) is 0 Å². The molecule has 0 amide bonds. The Bertz CT molecular complexity index is 1050. The van der Waals surface area contributed by atoms with Crippen molar-refractivity contribution in [3.63, 3.8) is 0 Å². The van der Waals surface area contributed by atoms with E-state index in [0.717, 1.165) is 0 Å². The predicted molar refractivity (Wildman–Crippen MR) is 94.2 cm³/mol. The topological polar surface area (TPSA) is 94.5 Å². The Morgan fingerprint density at radius 2 is 1.96 bits per heavy atom. The molecule has 2 aromatic rings. The highest BCUT2D eigenvalue weighted by molar-refractivity contribution is 6.00. The summed E-state index contributed by atoms with van der Waals surface area (Å²) in [7, 11) is 1.53. The van der Waals surface area contributed by atoms with Crippen molar-refractivity contribution < 1.29 is 34.0 Å². The van der Waals surface area contributed by atoms with Gasteiger partial charge < -0.3 is 24.4 Å². The number of methoxy groups -OCH3 is 1. The molecule has 2 N–H and O–H groups in total. The van der Waals surface area contributed by atoms with Crippen LogP contribution in [0.25, 0.3) is 0 Å². The number of Topliss-reactive ketones (excluding diaryl/α,β-unsaturated/α-hetero) is 1. The van der Waals surface area contributed by atoms with Gasteiger partial charge in [0.2, 0.25) is 5.79 Å². The van der Waals surface area contributed by atoms with Crippen molar-refractivity contribution in [3.05, 3.63) is 52.6 Å². The summed E-state index contributed by atoms with van der Waals surface area (Å²) < 4.78 is 24.9. The van der Waals surface area contributed by atoms with Gasteiger partial charge in [0, 0.05) is 31.1 Å². The van der Waals surface area contributed by atoms with Gasteiger partial charge in [-0.2, -0.15) is 0 Å². The number of hydrogen-bond acceptors (Lipinski definition) is 7. The molecule has 0 radical (unpaired) electrons. The molecular weight excluding hydrogens is 364 g/mol. The van der Waals surface area contributed by atoms with E-state index >= 15 is 0 Å². The summed E-state index contributed by atoms with van der Waals surface area (Å²) >= 11 is 0. The van der Waals surface area contributed by atoms with Gasteiger partial charge in [0.15, 0.2) is 5.78 Å². The minimum absolute atomic E-state index is 0.0289. The molecule has 0 unspecified atom stereocenters. The van der Waals surface area contributed by atoms with Crippen LogP contribution in [0.5, 0.6) is 17.2 Å². The first kappa shape index (κ1) is 16.4. The summed E-state index contributed by atoms with van der Waals surface area (Å²) in [5.74, 6) is -1.71. The Morgan fingerprint density at radius 3 is 2.79 bits per heavy atom. The fourth-order valence-electron chi connectivity index (χ4n) is 5.09. The molecule has 2 aromatic carbocycles. The summed E-state index contributed by atoms with van der Waals surface area (Å²) in [6, 6.07) is 8.44. The Morgan fingerprint density at radius 1 is 1.14 bits per heavy atom. The van der Waals surface area contributed by atoms with Crippen LogP contribution < -0.4 is 9.47 Å². The molecule has 28 heavy (non-hydrogen) atoms. The molecule has 7 nitrogen and oxygen atoms in total. The largest absolute Gasteiger partial charge is 0.508 e. The number of ether oxygens (including phenoxy) is 4. The third-order valence-corrected chi connectivity index (χ3v) is 6.25. The zero-order valence-electron chi connectivity index (χ0n) is 15.1. The van der Waals surface area contributed by atoms with Gasteiger partial charge in [-0.3, -0.25) is 9.53 Å². The minimum Gasteiger partial charge on any atom is -0.508 e. The Kier molecular flexibility index (Phi) is 2.95. The molecule has 4 atom stereocenters. The maximum absolute atomic E-state index is 12.7. The standard InChI is InChI=1S/C21H18O7/c1-25-16-9-13(24)10-3-2-4-14-18(10)21(16)27-15-6-5-11(22)17-12(23)7-8-20(26-14,28-21)19(15)17/h2-6,12,16,22-23H,7-9H2,1H3/t12-,16-,20-,21-/m1/s1. The number of phenols is 1. The lowest BCUT2D eigenvalue weighted by Gasteiger charge is -2.57. The van der Waals surface area contributed by atoms with E-state index in [2.05, 4.69) is 0 Å². The molecule has 7 heteroatoms. The average Bonchev–Trinajstić information content (AvgIpc) is 2.69. The normalized spacial score (nSPS) is 34.0. The molecule has 0 saturated heterocycles. The maximum Gasteiger partial charge on any atom is 0.271 e. The van der Waals surface area contributed by atoms with Gasteiger partial charge in [-0.25, -0.2) is 0 Å². The van der Waals surface area contributed by atoms with Crippen molar-refractivity contribution in [2.75, 3.05) is 7.11 Å². The van der Waals surface area contributed by atoms with Crippen molar-refractivity contribution in [2.45, 2.75) is 43.0 Å². The SMILES string of the molecule is CO[C@@H]1CC(=O)c2cccc3c2[C@@]12Oc1ccc(O)c4c1[C@](CC[C@H]4O)(O3)O2. The summed E-state index contributed by atoms with van der Waals surface area (Å²) in [4.78, 5) is 12.7. The zero-order valence-corrected chi connectivity index (χ0v) is 15.1. The molecule has 144 valence electrons. The minimum atomic E-state index is -1.34. The number of ketones is 1. The van der Waals surface area contributed by atoms with Crippen LogP contribution in [0.1, 0.15) is 52.4 Å². The molecular formula is C21H18O7. The molecule has 2 aliphatic carbocycles. The van der Waals surface area contributed by atoms with Gasteiger partial charge in [0.05, 0.1) is 17.2 Å². The monoisotopic (exact) mass is 382 g/mol. The second kappa shape index (κ2) is 5.05. The molecule has 2 aliphatic heterocycles. The number of aromatic hydroxyl groups is 1. The molecule has 6 rings (SSSR count). The van der Waals surface area contributed by atoms with E-state index in [1.807, 2.05) is 0 Å². The molecule has 2 heterocycles. The first-order valence-electron chi connectivity index (χ1n) is 9.31. The van der Waals surface area contributed by atoms with Gasteiger partial charge in [0.25, 0.3) is 5.79 Å². The van der Waals surface area contributed by atoms with E-state index in [1.54, 1.807) is 24.3 Å². The van der Waals surface area contributed by atoms with Crippen LogP contribution in [-0.4, -0.2) is 29.2 Å². The number of phenolic OH excluding ortho intramolecular Hbond substituents is 1. The highest BCUT2D eigenvalue weighted by Gasteiger charge is 2.66. The van der Waals surface area contributed by atoms with Crippen LogP contribution in [0, 0.1) is 0 Å². The van der Waals surface area contributed by atoms with Gasteiger partial charge in [-0.15, -0.1) is 0 Å². The van der Waals surface area contributed by atoms with Gasteiger partial charge in [-0.1, -0.05) is 12.1 Å². The summed E-state index contributed by atoms with van der Waals surface area (Å²) in [6.07, 6.45) is -0.662. The summed E-state index contributed by atoms with van der Waals surface area (Å²) in [6.45, 7) is 0. The summed E-state index contributed by atoms with van der Waals surface area (Å²) in [5.41, 5.74) is 1.90. The predicted octanol–water partition coefficient (Wildman–Crippen LogP) is 2.63. The third-order valence-electron chi connectivity index (χ3n) is 6.25. The second-order valence-corrected chi connectivity index (χ2v) is 7.68. The molecule has 2 bridgehead atoms. The fraction of sp³-hybridized carbons (Fsp3) is 0.381. The lowest BCUT2D eigenvalue weighted by atomic mass is 9.77. The van der Waals surface area contributed by atoms with E-state index in [1.165, 1.54) is 13.2 Å². The van der Waals surface area contributed by atoms with E-state index in [-0.39, 0.29) is 18.0 Å². The average molecular weight is 382 g/mol. The van der Waals surface area contributed by atoms with Crippen LogP contribution in [0.15, 0.2) is 30.3 Å². The Balaban J connectivity index is 1.70. The number of aliphatic hydroxyl groups is 1.